The molecule has 0 spiro atoms. The summed E-state index contributed by atoms with van der Waals surface area (Å²) in [5, 5.41) is 17.0. The lowest BCUT2D eigenvalue weighted by molar-refractivity contribution is 0.281. The minimum Gasteiger partial charge on any atom is -0.392 e. The summed E-state index contributed by atoms with van der Waals surface area (Å²) >= 11 is 0. The maximum Gasteiger partial charge on any atom is 0.0696 e. The zero-order valence-corrected chi connectivity index (χ0v) is 7.14. The topological polar surface area (TPSA) is 56.9 Å². The van der Waals surface area contributed by atoms with Crippen LogP contribution in [0.2, 0.25) is 0 Å². The van der Waals surface area contributed by atoms with Gasteiger partial charge in [-0.15, -0.1) is 0 Å². The SMILES string of the molecule is N#CCC=Cc1ccc(CO)cn1. The molecule has 0 saturated carbocycles. The summed E-state index contributed by atoms with van der Waals surface area (Å²) in [6.07, 6.45) is 5.54. The first-order valence-corrected chi connectivity index (χ1v) is 3.96. The molecule has 0 unspecified atom stereocenters. The zero-order chi connectivity index (χ0) is 9.52. The number of aromatic nitrogens is 1. The lowest BCUT2D eigenvalue weighted by Crippen LogP contribution is -1.86. The molecule has 0 aromatic carbocycles. The minimum absolute atomic E-state index is 0.00912. The van der Waals surface area contributed by atoms with Crippen LogP contribution in [0.5, 0.6) is 0 Å². The second-order valence-corrected chi connectivity index (χ2v) is 2.51. The van der Waals surface area contributed by atoms with Crippen molar-refractivity contribution in [2.24, 2.45) is 0 Å². The number of aliphatic hydroxyl groups excluding tert-OH is 1. The third-order valence-corrected chi connectivity index (χ3v) is 1.53. The Hall–Kier alpha value is -1.66. The second-order valence-electron chi connectivity index (χ2n) is 2.51. The molecule has 0 aliphatic heterocycles. The van der Waals surface area contributed by atoms with Gasteiger partial charge in [-0.3, -0.25) is 4.98 Å². The summed E-state index contributed by atoms with van der Waals surface area (Å²) < 4.78 is 0. The van der Waals surface area contributed by atoms with Crippen molar-refractivity contribution < 1.29 is 5.11 Å². The maximum atomic E-state index is 8.74. The van der Waals surface area contributed by atoms with Crippen LogP contribution < -0.4 is 0 Å². The van der Waals surface area contributed by atoms with E-state index < -0.39 is 0 Å². The van der Waals surface area contributed by atoms with E-state index in [1.807, 2.05) is 6.07 Å². The van der Waals surface area contributed by atoms with Crippen molar-refractivity contribution in [3.05, 3.63) is 35.7 Å². The second kappa shape index (κ2) is 5.07. The van der Waals surface area contributed by atoms with Gasteiger partial charge >= 0.3 is 0 Å². The molecule has 3 nitrogen and oxygen atoms in total. The van der Waals surface area contributed by atoms with Gasteiger partial charge in [-0.25, -0.2) is 0 Å². The molecule has 1 aromatic heterocycles. The van der Waals surface area contributed by atoms with Crippen LogP contribution in [-0.2, 0) is 6.61 Å². The van der Waals surface area contributed by atoms with Gasteiger partial charge in [0, 0.05) is 6.20 Å². The average molecular weight is 174 g/mol. The van der Waals surface area contributed by atoms with Crippen molar-refractivity contribution >= 4 is 6.08 Å². The molecular weight excluding hydrogens is 164 g/mol. The zero-order valence-electron chi connectivity index (χ0n) is 7.14. The number of allylic oxidation sites excluding steroid dienone is 1. The lowest BCUT2D eigenvalue weighted by atomic mass is 10.2. The number of aliphatic hydroxyl groups is 1. The summed E-state index contributed by atoms with van der Waals surface area (Å²) in [7, 11) is 0. The van der Waals surface area contributed by atoms with E-state index in [1.54, 1.807) is 30.5 Å². The molecule has 1 aromatic rings. The highest BCUT2D eigenvalue weighted by Gasteiger charge is 1.90. The summed E-state index contributed by atoms with van der Waals surface area (Å²) in [6.45, 7) is 0.00912. The van der Waals surface area contributed by atoms with Gasteiger partial charge in [-0.05, 0) is 17.7 Å². The first kappa shape index (κ1) is 9.43. The van der Waals surface area contributed by atoms with Crippen molar-refractivity contribution in [2.45, 2.75) is 13.0 Å². The van der Waals surface area contributed by atoms with Gasteiger partial charge < -0.3 is 5.11 Å². The predicted molar refractivity (Wildman–Crippen MR) is 49.4 cm³/mol. The summed E-state index contributed by atoms with van der Waals surface area (Å²) in [5.74, 6) is 0. The molecule has 0 amide bonds. The Balaban J connectivity index is 2.65. The molecule has 0 aliphatic carbocycles. The molecule has 3 heteroatoms. The van der Waals surface area contributed by atoms with Crippen LogP contribution in [-0.4, -0.2) is 10.1 Å². The highest BCUT2D eigenvalue weighted by atomic mass is 16.3. The Morgan fingerprint density at radius 3 is 2.92 bits per heavy atom. The minimum atomic E-state index is 0.00912. The molecule has 0 bridgehead atoms. The van der Waals surface area contributed by atoms with Crippen molar-refractivity contribution in [3.8, 4) is 6.07 Å². The number of pyridine rings is 1. The van der Waals surface area contributed by atoms with Gasteiger partial charge in [0.2, 0.25) is 0 Å². The van der Waals surface area contributed by atoms with Crippen molar-refractivity contribution in [1.29, 1.82) is 5.26 Å². The largest absolute Gasteiger partial charge is 0.392 e. The van der Waals surface area contributed by atoms with Gasteiger partial charge in [-0.1, -0.05) is 12.1 Å². The van der Waals surface area contributed by atoms with E-state index in [1.165, 1.54) is 0 Å². The fourth-order valence-electron chi connectivity index (χ4n) is 0.860. The average Bonchev–Trinajstić information content (AvgIpc) is 2.19. The Labute approximate surface area is 77.0 Å². The van der Waals surface area contributed by atoms with Gasteiger partial charge in [0.05, 0.1) is 24.8 Å². The molecule has 66 valence electrons. The highest BCUT2D eigenvalue weighted by Crippen LogP contribution is 2.02. The Kier molecular flexibility index (Phi) is 3.68. The Morgan fingerprint density at radius 1 is 1.54 bits per heavy atom. The smallest absolute Gasteiger partial charge is 0.0696 e. The number of nitrogens with zero attached hydrogens (tertiary/aromatic N) is 2. The molecule has 1 N–H and O–H groups in total. The van der Waals surface area contributed by atoms with Crippen LogP contribution in [0.15, 0.2) is 24.4 Å². The lowest BCUT2D eigenvalue weighted by Gasteiger charge is -1.95. The van der Waals surface area contributed by atoms with Crippen LogP contribution >= 0.6 is 0 Å². The van der Waals surface area contributed by atoms with Gasteiger partial charge in [0.1, 0.15) is 0 Å². The van der Waals surface area contributed by atoms with Gasteiger partial charge in [0.25, 0.3) is 0 Å². The molecule has 0 radical (unpaired) electrons. The van der Waals surface area contributed by atoms with Crippen molar-refractivity contribution in [2.75, 3.05) is 0 Å². The monoisotopic (exact) mass is 174 g/mol. The van der Waals surface area contributed by atoms with E-state index in [0.29, 0.717) is 6.42 Å². The maximum absolute atomic E-state index is 8.74. The van der Waals surface area contributed by atoms with Crippen LogP contribution in [0.4, 0.5) is 0 Å². The standard InChI is InChI=1S/C10H10N2O/c11-6-2-1-3-10-5-4-9(8-13)7-12-10/h1,3-5,7,13H,2,8H2. The van der Waals surface area contributed by atoms with E-state index >= 15 is 0 Å². The van der Waals surface area contributed by atoms with E-state index in [9.17, 15) is 0 Å². The van der Waals surface area contributed by atoms with Crippen LogP contribution in [0.25, 0.3) is 6.08 Å². The van der Waals surface area contributed by atoms with Gasteiger partial charge in [-0.2, -0.15) is 5.26 Å². The number of nitriles is 1. The molecular formula is C10H10N2O. The first-order valence-electron chi connectivity index (χ1n) is 3.96. The summed E-state index contributed by atoms with van der Waals surface area (Å²) in [6, 6.07) is 5.62. The number of rotatable bonds is 3. The molecule has 0 saturated heterocycles. The fraction of sp³-hybridized carbons (Fsp3) is 0.200. The highest BCUT2D eigenvalue weighted by molar-refractivity contribution is 5.44. The normalized spacial score (nSPS) is 10.2. The molecule has 1 heterocycles. The molecule has 13 heavy (non-hydrogen) atoms. The third-order valence-electron chi connectivity index (χ3n) is 1.53. The number of hydrogen-bond donors (Lipinski definition) is 1. The quantitative estimate of drug-likeness (QED) is 0.755. The predicted octanol–water partition coefficient (Wildman–Crippen LogP) is 1.50. The van der Waals surface area contributed by atoms with Crippen LogP contribution in [0.1, 0.15) is 17.7 Å². The van der Waals surface area contributed by atoms with Crippen molar-refractivity contribution in [3.63, 3.8) is 0 Å². The molecule has 1 rings (SSSR count). The van der Waals surface area contributed by atoms with E-state index in [-0.39, 0.29) is 6.61 Å². The molecule has 0 atom stereocenters. The Morgan fingerprint density at radius 2 is 2.38 bits per heavy atom. The third kappa shape index (κ3) is 3.06. The first-order chi connectivity index (χ1) is 6.36. The van der Waals surface area contributed by atoms with Crippen LogP contribution in [0, 0.1) is 11.3 Å². The van der Waals surface area contributed by atoms with Crippen molar-refractivity contribution in [1.82, 2.24) is 4.98 Å². The molecule has 0 fully saturated rings. The molecule has 0 aliphatic rings. The Bertz CT molecular complexity index is 322. The van der Waals surface area contributed by atoms with E-state index in [2.05, 4.69) is 4.98 Å². The number of hydrogen-bond acceptors (Lipinski definition) is 3. The van der Waals surface area contributed by atoms with E-state index in [0.717, 1.165) is 11.3 Å². The van der Waals surface area contributed by atoms with E-state index in [4.69, 9.17) is 10.4 Å². The summed E-state index contributed by atoms with van der Waals surface area (Å²) in [5.41, 5.74) is 1.59. The van der Waals surface area contributed by atoms with Gasteiger partial charge in [0.15, 0.2) is 0 Å². The fourth-order valence-corrected chi connectivity index (χ4v) is 0.860. The summed E-state index contributed by atoms with van der Waals surface area (Å²) in [4.78, 5) is 4.07. The van der Waals surface area contributed by atoms with Crippen LogP contribution in [0.3, 0.4) is 0 Å².